The molecule has 2 aliphatic rings. The molecule has 286 valence electrons. The number of nitrogens with one attached hydrogen (secondary N) is 1. The first-order chi connectivity index (χ1) is 23.8. The first-order valence-corrected chi connectivity index (χ1v) is 18.3. The van der Waals surface area contributed by atoms with E-state index in [4.69, 9.17) is 42.1 Å². The second-order valence-corrected chi connectivity index (χ2v) is 15.7. The van der Waals surface area contributed by atoms with Crippen molar-refractivity contribution < 1.29 is 33.3 Å². The average Bonchev–Trinajstić information content (AvgIpc) is 3.03. The molecule has 4 rings (SSSR count). The Morgan fingerprint density at radius 1 is 0.725 bits per heavy atom. The molecule has 51 heavy (non-hydrogen) atoms. The highest BCUT2D eigenvalue weighted by Crippen LogP contribution is 2.28. The summed E-state index contributed by atoms with van der Waals surface area (Å²) in [7, 11) is 0. The number of carbonyl (C=O) groups excluding carboxylic acids is 3. The molecule has 2 amide bonds. The summed E-state index contributed by atoms with van der Waals surface area (Å²) in [5.74, 6) is 1.28. The van der Waals surface area contributed by atoms with Crippen LogP contribution in [0.15, 0.2) is 36.4 Å². The zero-order valence-corrected chi connectivity index (χ0v) is 33.5. The van der Waals surface area contributed by atoms with Gasteiger partial charge in [0.1, 0.15) is 29.0 Å². The summed E-state index contributed by atoms with van der Waals surface area (Å²) >= 11 is 12.0. The first kappa shape index (κ1) is 43.9. The van der Waals surface area contributed by atoms with Crippen LogP contribution in [0.1, 0.15) is 85.2 Å². The molecule has 2 aliphatic heterocycles. The minimum absolute atomic E-state index is 0.0550. The van der Waals surface area contributed by atoms with Crippen molar-refractivity contribution in [3.05, 3.63) is 57.6 Å². The second kappa shape index (κ2) is 20.7. The Balaban J connectivity index is 0.000000292. The number of nitrogens with zero attached hydrogens (tertiary/aromatic N) is 3. The second-order valence-electron chi connectivity index (χ2n) is 14.9. The van der Waals surface area contributed by atoms with Gasteiger partial charge in [0.15, 0.2) is 0 Å². The molecule has 0 unspecified atom stereocenters. The molecule has 0 bridgehead atoms. The number of carbonyl (C=O) groups is 3. The van der Waals surface area contributed by atoms with Crippen LogP contribution in [0.5, 0.6) is 11.5 Å². The molecule has 0 aromatic heterocycles. The molecular formula is C38H58Cl2N4O7. The maximum absolute atomic E-state index is 12.1. The summed E-state index contributed by atoms with van der Waals surface area (Å²) < 4.78 is 21.8. The van der Waals surface area contributed by atoms with Crippen molar-refractivity contribution in [2.45, 2.75) is 99.2 Å². The van der Waals surface area contributed by atoms with Gasteiger partial charge in [-0.3, -0.25) is 9.69 Å². The highest BCUT2D eigenvalue weighted by atomic mass is 35.5. The first-order valence-electron chi connectivity index (χ1n) is 17.5. The average molecular weight is 754 g/mol. The minimum atomic E-state index is -0.454. The highest BCUT2D eigenvalue weighted by molar-refractivity contribution is 6.32. The van der Waals surface area contributed by atoms with Crippen LogP contribution in [-0.2, 0) is 16.0 Å². The zero-order valence-electron chi connectivity index (χ0n) is 32.0. The molecule has 0 atom stereocenters. The Hall–Kier alpha value is -3.25. The molecule has 2 aromatic rings. The molecule has 2 fully saturated rings. The maximum atomic E-state index is 12.1. The van der Waals surface area contributed by atoms with E-state index < -0.39 is 5.60 Å². The fourth-order valence-electron chi connectivity index (χ4n) is 4.78. The van der Waals surface area contributed by atoms with E-state index in [9.17, 15) is 14.4 Å². The van der Waals surface area contributed by atoms with Gasteiger partial charge in [0.2, 0.25) is 0 Å². The molecule has 0 radical (unpaired) electrons. The third-order valence-corrected chi connectivity index (χ3v) is 7.64. The van der Waals surface area contributed by atoms with Crippen LogP contribution in [0.2, 0.25) is 10.0 Å². The fraction of sp³-hybridized carbons (Fsp3) is 0.605. The number of halogens is 2. The molecule has 1 N–H and O–H groups in total. The number of benzene rings is 2. The van der Waals surface area contributed by atoms with E-state index in [2.05, 4.69) is 10.2 Å². The molecule has 2 saturated heterocycles. The van der Waals surface area contributed by atoms with Crippen molar-refractivity contribution >= 4 is 41.7 Å². The topological polar surface area (TPSA) is 110 Å². The SMILES string of the molecule is CC(C)(C)OC(=O)N1CCNCC1.CC(C)Oc1cc(C=O)ccc1Cl.CC(C)Oc1cc(CN2CCN(C(=O)OC(C)(C)C)CC2)ccc1Cl. The predicted octanol–water partition coefficient (Wildman–Crippen LogP) is 7.95. The van der Waals surface area contributed by atoms with Crippen LogP contribution in [-0.4, -0.2) is 109 Å². The van der Waals surface area contributed by atoms with Gasteiger partial charge in [-0.05, 0) is 105 Å². The Kier molecular flexibility index (Phi) is 17.8. The minimum Gasteiger partial charge on any atom is -0.489 e. The maximum Gasteiger partial charge on any atom is 0.410 e. The van der Waals surface area contributed by atoms with Gasteiger partial charge in [-0.15, -0.1) is 0 Å². The number of rotatable bonds is 7. The monoisotopic (exact) mass is 752 g/mol. The van der Waals surface area contributed by atoms with Gasteiger partial charge in [-0.25, -0.2) is 9.59 Å². The van der Waals surface area contributed by atoms with E-state index in [-0.39, 0.29) is 30.0 Å². The van der Waals surface area contributed by atoms with Crippen LogP contribution in [0.3, 0.4) is 0 Å². The molecule has 13 heteroatoms. The molecular weight excluding hydrogens is 695 g/mol. The van der Waals surface area contributed by atoms with Crippen molar-refractivity contribution in [2.75, 3.05) is 52.4 Å². The van der Waals surface area contributed by atoms with Gasteiger partial charge in [-0.1, -0.05) is 29.3 Å². The molecule has 11 nitrogen and oxygen atoms in total. The number of hydrogen-bond acceptors (Lipinski definition) is 9. The lowest BCUT2D eigenvalue weighted by Crippen LogP contribution is -2.49. The summed E-state index contributed by atoms with van der Waals surface area (Å²) in [5.41, 5.74) is 0.887. The van der Waals surface area contributed by atoms with Crippen LogP contribution in [0.25, 0.3) is 0 Å². The number of ether oxygens (including phenoxy) is 4. The van der Waals surface area contributed by atoms with Crippen LogP contribution >= 0.6 is 23.2 Å². The molecule has 0 aliphatic carbocycles. The van der Waals surface area contributed by atoms with Crippen LogP contribution < -0.4 is 14.8 Å². The molecule has 0 spiro atoms. The van der Waals surface area contributed by atoms with Gasteiger partial charge < -0.3 is 34.1 Å². The largest absolute Gasteiger partial charge is 0.489 e. The summed E-state index contributed by atoms with van der Waals surface area (Å²) in [6, 6.07) is 10.9. The van der Waals surface area contributed by atoms with E-state index in [0.717, 1.165) is 63.4 Å². The summed E-state index contributed by atoms with van der Waals surface area (Å²) in [5, 5.41) is 4.34. The van der Waals surface area contributed by atoms with Gasteiger partial charge >= 0.3 is 12.2 Å². The highest BCUT2D eigenvalue weighted by Gasteiger charge is 2.26. The zero-order chi connectivity index (χ0) is 38.4. The fourth-order valence-corrected chi connectivity index (χ4v) is 5.10. The number of aldehydes is 1. The van der Waals surface area contributed by atoms with E-state index in [1.54, 1.807) is 28.0 Å². The normalized spacial score (nSPS) is 15.3. The lowest BCUT2D eigenvalue weighted by molar-refractivity contribution is 0.0138. The smallest absolute Gasteiger partial charge is 0.410 e. The Labute approximate surface area is 314 Å². The van der Waals surface area contributed by atoms with Crippen molar-refractivity contribution in [3.8, 4) is 11.5 Å². The number of piperazine rings is 2. The van der Waals surface area contributed by atoms with E-state index in [1.165, 1.54) is 0 Å². The summed E-state index contributed by atoms with van der Waals surface area (Å²) in [6.45, 7) is 26.1. The molecule has 2 heterocycles. The molecule has 0 saturated carbocycles. The van der Waals surface area contributed by atoms with Gasteiger partial charge in [0.05, 0.1) is 22.3 Å². The van der Waals surface area contributed by atoms with Crippen LogP contribution in [0.4, 0.5) is 9.59 Å². The van der Waals surface area contributed by atoms with Gasteiger partial charge in [-0.2, -0.15) is 0 Å². The van der Waals surface area contributed by atoms with E-state index in [0.29, 0.717) is 34.4 Å². The third-order valence-electron chi connectivity index (χ3n) is 7.01. The summed E-state index contributed by atoms with van der Waals surface area (Å²) in [4.78, 5) is 39.9. The van der Waals surface area contributed by atoms with Crippen LogP contribution in [0, 0.1) is 0 Å². The number of hydrogen-bond donors (Lipinski definition) is 1. The summed E-state index contributed by atoms with van der Waals surface area (Å²) in [6.07, 6.45) is 0.480. The van der Waals surface area contributed by atoms with Crippen molar-refractivity contribution in [1.82, 2.24) is 20.0 Å². The van der Waals surface area contributed by atoms with Crippen molar-refractivity contribution in [1.29, 1.82) is 0 Å². The Morgan fingerprint density at radius 2 is 1.18 bits per heavy atom. The third kappa shape index (κ3) is 17.7. The number of amides is 2. The van der Waals surface area contributed by atoms with Gasteiger partial charge in [0, 0.05) is 64.5 Å². The predicted molar refractivity (Wildman–Crippen MR) is 204 cm³/mol. The standard InChI is InChI=1S/C19H29ClN2O3.C10H11ClO2.C9H18N2O2/c1-14(2)24-17-12-15(6-7-16(17)20)13-21-8-10-22(11-9-21)18(23)25-19(3,4)5;1-7(2)13-10-5-8(6-12)3-4-9(10)11;1-9(2,3)13-8(12)11-6-4-10-5-7-11/h6-7,12,14H,8-11,13H2,1-5H3;3-7H,1-2H3;10H,4-7H2,1-3H3. The van der Waals surface area contributed by atoms with Gasteiger partial charge in [0.25, 0.3) is 0 Å². The lowest BCUT2D eigenvalue weighted by Gasteiger charge is -2.35. The molecule has 2 aromatic carbocycles. The lowest BCUT2D eigenvalue weighted by atomic mass is 10.2. The quantitative estimate of drug-likeness (QED) is 0.282. The van der Waals surface area contributed by atoms with E-state index >= 15 is 0 Å². The van der Waals surface area contributed by atoms with Crippen molar-refractivity contribution in [3.63, 3.8) is 0 Å². The van der Waals surface area contributed by atoms with Crippen molar-refractivity contribution in [2.24, 2.45) is 0 Å². The Morgan fingerprint density at radius 3 is 1.63 bits per heavy atom. The van der Waals surface area contributed by atoms with E-state index in [1.807, 2.05) is 87.4 Å². The Bertz CT molecular complexity index is 1400.